The van der Waals surface area contributed by atoms with Crippen molar-refractivity contribution in [3.8, 4) is 0 Å². The average molecular weight is 159 g/mol. The summed E-state index contributed by atoms with van der Waals surface area (Å²) in [6, 6.07) is 7.01. The Morgan fingerprint density at radius 1 is 1.27 bits per heavy atom. The standard InChI is InChI=1S/C10H12.Al/c1-4-10-6-5-8(2)9(3)7-10;/h5-7H,2-4H2,1H3;. The van der Waals surface area contributed by atoms with Crippen LogP contribution in [0.1, 0.15) is 23.6 Å². The summed E-state index contributed by atoms with van der Waals surface area (Å²) in [5.41, 5.74) is 4.77. The van der Waals surface area contributed by atoms with Crippen LogP contribution in [0.5, 0.6) is 0 Å². The topological polar surface area (TPSA) is 0 Å². The molecule has 1 aliphatic rings. The second kappa shape index (κ2) is 3.01. The molecule has 0 fully saturated rings. The van der Waals surface area contributed by atoms with Gasteiger partial charge in [-0.2, -0.15) is 0 Å². The number of fused-ring (bicyclic) bond motifs is 1. The molecule has 0 amide bonds. The van der Waals surface area contributed by atoms with Crippen molar-refractivity contribution in [2.45, 2.75) is 23.9 Å². The lowest BCUT2D eigenvalue weighted by Crippen LogP contribution is -1.85. The number of hydrogen-bond donors (Lipinski definition) is 0. The first-order valence-electron chi connectivity index (χ1n) is 4.32. The Labute approximate surface area is 74.3 Å². The molecule has 0 aromatic heterocycles. The number of rotatable bonds is 1. The van der Waals surface area contributed by atoms with Crippen molar-refractivity contribution < 1.29 is 0 Å². The Hall–Kier alpha value is -0.248. The molecule has 1 aromatic carbocycles. The number of benzene rings is 1. The maximum Gasteiger partial charge on any atom is 0.214 e. The lowest BCUT2D eigenvalue weighted by atomic mass is 10.1. The van der Waals surface area contributed by atoms with Crippen molar-refractivity contribution in [2.24, 2.45) is 0 Å². The molecular weight excluding hydrogens is 147 g/mol. The first-order valence-corrected chi connectivity index (χ1v) is 5.96. The SMILES string of the molecule is CCc1ccc2c(c1)[CH2][Al][CH2]2. The van der Waals surface area contributed by atoms with Crippen LogP contribution < -0.4 is 0 Å². The first-order chi connectivity index (χ1) is 5.40. The molecule has 0 unspecified atom stereocenters. The quantitative estimate of drug-likeness (QED) is 0.549. The van der Waals surface area contributed by atoms with Crippen molar-refractivity contribution in [3.63, 3.8) is 0 Å². The summed E-state index contributed by atoms with van der Waals surface area (Å²) >= 11 is 0.705. The molecule has 1 radical (unpaired) electrons. The van der Waals surface area contributed by atoms with Gasteiger partial charge in [0.25, 0.3) is 0 Å². The Balaban J connectivity index is 2.41. The van der Waals surface area contributed by atoms with Gasteiger partial charge in [-0.15, -0.1) is 0 Å². The summed E-state index contributed by atoms with van der Waals surface area (Å²) in [7, 11) is 0. The van der Waals surface area contributed by atoms with Gasteiger partial charge in [-0.1, -0.05) is 46.8 Å². The molecule has 0 atom stereocenters. The Morgan fingerprint density at radius 3 is 2.91 bits per heavy atom. The van der Waals surface area contributed by atoms with Gasteiger partial charge in [-0.3, -0.25) is 0 Å². The van der Waals surface area contributed by atoms with E-state index >= 15 is 0 Å². The van der Waals surface area contributed by atoms with Crippen molar-refractivity contribution in [1.82, 2.24) is 0 Å². The van der Waals surface area contributed by atoms with Gasteiger partial charge in [0.2, 0.25) is 15.2 Å². The third-order valence-electron chi connectivity index (χ3n) is 2.41. The first kappa shape index (κ1) is 7.40. The molecule has 0 spiro atoms. The van der Waals surface area contributed by atoms with Crippen LogP contribution in [0.3, 0.4) is 0 Å². The van der Waals surface area contributed by atoms with Crippen LogP contribution >= 0.6 is 0 Å². The van der Waals surface area contributed by atoms with Gasteiger partial charge in [0.05, 0.1) is 0 Å². The van der Waals surface area contributed by atoms with Crippen molar-refractivity contribution in [2.75, 3.05) is 0 Å². The highest BCUT2D eigenvalue weighted by Gasteiger charge is 2.11. The third-order valence-corrected chi connectivity index (χ3v) is 3.86. The van der Waals surface area contributed by atoms with E-state index in [4.69, 9.17) is 0 Å². The zero-order chi connectivity index (χ0) is 7.68. The van der Waals surface area contributed by atoms with E-state index < -0.39 is 0 Å². The summed E-state index contributed by atoms with van der Waals surface area (Å²) in [4.78, 5) is 0. The summed E-state index contributed by atoms with van der Waals surface area (Å²) < 4.78 is 0. The molecule has 0 saturated carbocycles. The molecule has 0 nitrogen and oxygen atoms in total. The predicted octanol–water partition coefficient (Wildman–Crippen LogP) is 1.97. The molecular formula is C10H12Al. The summed E-state index contributed by atoms with van der Waals surface area (Å²) in [6.45, 7) is 2.23. The van der Waals surface area contributed by atoms with Crippen molar-refractivity contribution in [3.05, 3.63) is 34.9 Å². The third kappa shape index (κ3) is 1.36. The highest BCUT2D eigenvalue weighted by molar-refractivity contribution is 6.36. The van der Waals surface area contributed by atoms with Gasteiger partial charge in [0.1, 0.15) is 0 Å². The lowest BCUT2D eigenvalue weighted by molar-refractivity contribution is 1.12. The van der Waals surface area contributed by atoms with Gasteiger partial charge in [0.15, 0.2) is 0 Å². The van der Waals surface area contributed by atoms with Crippen LogP contribution in [0.4, 0.5) is 0 Å². The largest absolute Gasteiger partial charge is 0.214 e. The van der Waals surface area contributed by atoms with Crippen LogP contribution in [0.2, 0.25) is 0 Å². The number of aryl methyl sites for hydroxylation is 1. The highest BCUT2D eigenvalue weighted by atomic mass is 27.1. The Morgan fingerprint density at radius 2 is 2.09 bits per heavy atom. The van der Waals surface area contributed by atoms with E-state index in [-0.39, 0.29) is 0 Å². The van der Waals surface area contributed by atoms with Crippen LogP contribution in [0, 0.1) is 0 Å². The second-order valence-corrected chi connectivity index (χ2v) is 4.55. The molecule has 2 rings (SSSR count). The van der Waals surface area contributed by atoms with Crippen LogP contribution in [0.25, 0.3) is 0 Å². The summed E-state index contributed by atoms with van der Waals surface area (Å²) in [6.07, 6.45) is 1.18. The Bertz CT molecular complexity index is 266. The van der Waals surface area contributed by atoms with Crippen LogP contribution in [-0.4, -0.2) is 15.2 Å². The maximum atomic E-state index is 2.40. The zero-order valence-electron chi connectivity index (χ0n) is 6.93. The van der Waals surface area contributed by atoms with Crippen LogP contribution in [0.15, 0.2) is 18.2 Å². The minimum atomic E-state index is 0.705. The van der Waals surface area contributed by atoms with Crippen molar-refractivity contribution >= 4 is 15.2 Å². The average Bonchev–Trinajstić information content (AvgIpc) is 2.50. The van der Waals surface area contributed by atoms with Gasteiger partial charge in [-0.05, 0) is 12.0 Å². The molecule has 1 heterocycles. The molecule has 0 N–H and O–H groups in total. The zero-order valence-corrected chi connectivity index (χ0v) is 8.09. The molecule has 11 heavy (non-hydrogen) atoms. The fourth-order valence-corrected chi connectivity index (χ4v) is 3.22. The van der Waals surface area contributed by atoms with Gasteiger partial charge in [0, 0.05) is 0 Å². The maximum absolute atomic E-state index is 2.40. The molecule has 1 heteroatoms. The van der Waals surface area contributed by atoms with E-state index in [0.717, 1.165) is 0 Å². The van der Waals surface area contributed by atoms with E-state index in [0.29, 0.717) is 15.2 Å². The molecule has 0 aliphatic carbocycles. The fraction of sp³-hybridized carbons (Fsp3) is 0.400. The van der Waals surface area contributed by atoms with Gasteiger partial charge >= 0.3 is 0 Å². The Kier molecular flexibility index (Phi) is 2.03. The second-order valence-electron chi connectivity index (χ2n) is 3.15. The molecule has 1 aromatic rings. The van der Waals surface area contributed by atoms with E-state index in [1.807, 2.05) is 0 Å². The van der Waals surface area contributed by atoms with Crippen molar-refractivity contribution in [1.29, 1.82) is 0 Å². The smallest absolute Gasteiger partial charge is 0.0799 e. The van der Waals surface area contributed by atoms with E-state index in [1.165, 1.54) is 22.5 Å². The molecule has 0 bridgehead atoms. The number of hydrogen-bond acceptors (Lipinski definition) is 0. The fourth-order valence-electron chi connectivity index (χ4n) is 1.67. The molecule has 55 valence electrons. The predicted molar refractivity (Wildman–Crippen MR) is 49.0 cm³/mol. The highest BCUT2D eigenvalue weighted by Crippen LogP contribution is 2.18. The normalized spacial score (nSPS) is 14.3. The molecule has 0 saturated heterocycles. The van der Waals surface area contributed by atoms with E-state index in [2.05, 4.69) is 25.1 Å². The molecule has 1 aliphatic heterocycles. The van der Waals surface area contributed by atoms with Gasteiger partial charge < -0.3 is 0 Å². The monoisotopic (exact) mass is 159 g/mol. The minimum Gasteiger partial charge on any atom is -0.0799 e. The minimum absolute atomic E-state index is 0.705. The summed E-state index contributed by atoms with van der Waals surface area (Å²) in [5.74, 6) is 0. The van der Waals surface area contributed by atoms with Crippen LogP contribution in [-0.2, 0) is 17.0 Å². The summed E-state index contributed by atoms with van der Waals surface area (Å²) in [5, 5.41) is 2.78. The van der Waals surface area contributed by atoms with E-state index in [1.54, 1.807) is 11.1 Å². The van der Waals surface area contributed by atoms with E-state index in [9.17, 15) is 0 Å². The van der Waals surface area contributed by atoms with Gasteiger partial charge in [-0.25, -0.2) is 0 Å². The lowest BCUT2D eigenvalue weighted by Gasteiger charge is -2.01.